The van der Waals surface area contributed by atoms with Gasteiger partial charge < -0.3 is 19.9 Å². The predicted molar refractivity (Wildman–Crippen MR) is 107 cm³/mol. The minimum Gasteiger partial charge on any atom is -0.469 e. The Balaban J connectivity index is 1.33. The van der Waals surface area contributed by atoms with Crippen molar-refractivity contribution in [2.75, 3.05) is 20.3 Å². The maximum Gasteiger partial charge on any atom is 0.407 e. The molecule has 0 unspecified atom stereocenters. The molecule has 3 atom stereocenters. The van der Waals surface area contributed by atoms with Crippen molar-refractivity contribution in [3.05, 3.63) is 59.7 Å². The number of nitrogens with one attached hydrogen (secondary N) is 1. The topological polar surface area (TPSA) is 84.9 Å². The van der Waals surface area contributed by atoms with Gasteiger partial charge in [-0.05, 0) is 35.1 Å². The molecule has 6 nitrogen and oxygen atoms in total. The first kappa shape index (κ1) is 19.5. The molecular formula is C23H25NO5. The maximum atomic E-state index is 12.3. The minimum absolute atomic E-state index is 0.00826. The number of methoxy groups -OCH3 is 1. The quantitative estimate of drug-likeness (QED) is 0.760. The van der Waals surface area contributed by atoms with E-state index in [0.717, 1.165) is 11.1 Å². The molecule has 1 fully saturated rings. The maximum absolute atomic E-state index is 12.3. The second-order valence-electron chi connectivity index (χ2n) is 7.73. The van der Waals surface area contributed by atoms with E-state index in [1.807, 2.05) is 24.3 Å². The van der Waals surface area contributed by atoms with Gasteiger partial charge in [0, 0.05) is 18.4 Å². The van der Waals surface area contributed by atoms with Crippen molar-refractivity contribution >= 4 is 12.1 Å². The highest BCUT2D eigenvalue weighted by atomic mass is 16.5. The third kappa shape index (κ3) is 3.85. The van der Waals surface area contributed by atoms with Crippen molar-refractivity contribution in [1.29, 1.82) is 0 Å². The Morgan fingerprint density at radius 3 is 2.28 bits per heavy atom. The lowest BCUT2D eigenvalue weighted by Gasteiger charge is -2.17. The van der Waals surface area contributed by atoms with Crippen molar-refractivity contribution in [2.45, 2.75) is 24.9 Å². The van der Waals surface area contributed by atoms with Gasteiger partial charge in [0.1, 0.15) is 6.61 Å². The fourth-order valence-corrected chi connectivity index (χ4v) is 4.55. The zero-order chi connectivity index (χ0) is 20.4. The summed E-state index contributed by atoms with van der Waals surface area (Å²) in [7, 11) is 1.34. The van der Waals surface area contributed by atoms with E-state index in [2.05, 4.69) is 29.6 Å². The van der Waals surface area contributed by atoms with E-state index in [1.165, 1.54) is 18.2 Å². The lowest BCUT2D eigenvalue weighted by Crippen LogP contribution is -2.33. The first-order chi connectivity index (χ1) is 14.1. The number of aliphatic hydroxyl groups is 1. The van der Waals surface area contributed by atoms with Crippen molar-refractivity contribution in [3.63, 3.8) is 0 Å². The number of benzene rings is 2. The Bertz CT molecular complexity index is 866. The molecule has 0 saturated heterocycles. The van der Waals surface area contributed by atoms with Crippen LogP contribution in [0.2, 0.25) is 0 Å². The Kier molecular flexibility index (Phi) is 5.53. The van der Waals surface area contributed by atoms with E-state index in [-0.39, 0.29) is 36.9 Å². The van der Waals surface area contributed by atoms with Crippen molar-refractivity contribution in [3.8, 4) is 11.1 Å². The van der Waals surface area contributed by atoms with Gasteiger partial charge in [-0.25, -0.2) is 4.79 Å². The molecule has 2 aromatic rings. The SMILES string of the molecule is COC(=O)[C@H]1C[C@H](CNC(=O)OCC2c3ccccc3-c3ccccc32)[C@H](O)C1. The smallest absolute Gasteiger partial charge is 0.407 e. The van der Waals surface area contributed by atoms with Crippen LogP contribution in [0.1, 0.15) is 29.9 Å². The van der Waals surface area contributed by atoms with Gasteiger partial charge in [-0.3, -0.25) is 4.79 Å². The molecule has 1 saturated carbocycles. The number of alkyl carbamates (subject to hydrolysis) is 1. The zero-order valence-electron chi connectivity index (χ0n) is 16.3. The number of hydrogen-bond acceptors (Lipinski definition) is 5. The van der Waals surface area contributed by atoms with Crippen molar-refractivity contribution < 1.29 is 24.2 Å². The molecule has 1 amide bonds. The second-order valence-corrected chi connectivity index (χ2v) is 7.73. The van der Waals surface area contributed by atoms with Crippen LogP contribution < -0.4 is 5.32 Å². The van der Waals surface area contributed by atoms with Gasteiger partial charge in [0.15, 0.2) is 0 Å². The monoisotopic (exact) mass is 395 g/mol. The van der Waals surface area contributed by atoms with Crippen molar-refractivity contribution in [1.82, 2.24) is 5.32 Å². The summed E-state index contributed by atoms with van der Waals surface area (Å²) in [6.45, 7) is 0.517. The van der Waals surface area contributed by atoms with E-state index in [9.17, 15) is 14.7 Å². The molecule has 2 N–H and O–H groups in total. The molecule has 0 heterocycles. The van der Waals surface area contributed by atoms with Gasteiger partial charge >= 0.3 is 12.1 Å². The van der Waals surface area contributed by atoms with Crippen LogP contribution in [0.25, 0.3) is 11.1 Å². The molecule has 152 valence electrons. The second kappa shape index (κ2) is 8.25. The number of hydrogen-bond donors (Lipinski definition) is 2. The number of carbonyl (C=O) groups excluding carboxylic acids is 2. The minimum atomic E-state index is -0.631. The summed E-state index contributed by atoms with van der Waals surface area (Å²) >= 11 is 0. The molecule has 0 spiro atoms. The zero-order valence-corrected chi connectivity index (χ0v) is 16.3. The first-order valence-corrected chi connectivity index (χ1v) is 9.93. The van der Waals surface area contributed by atoms with Gasteiger partial charge in [0.2, 0.25) is 0 Å². The van der Waals surface area contributed by atoms with Gasteiger partial charge in [0.05, 0.1) is 19.1 Å². The van der Waals surface area contributed by atoms with Crippen LogP contribution in [0.4, 0.5) is 4.79 Å². The van der Waals surface area contributed by atoms with Crippen LogP contribution in [0, 0.1) is 11.8 Å². The van der Waals surface area contributed by atoms with E-state index >= 15 is 0 Å². The number of esters is 1. The predicted octanol–water partition coefficient (Wildman–Crippen LogP) is 3.09. The van der Waals surface area contributed by atoms with Gasteiger partial charge in [-0.2, -0.15) is 0 Å². The number of rotatable bonds is 5. The lowest BCUT2D eigenvalue weighted by molar-refractivity contribution is -0.145. The third-order valence-electron chi connectivity index (χ3n) is 6.04. The van der Waals surface area contributed by atoms with Crippen LogP contribution in [-0.4, -0.2) is 43.5 Å². The molecule has 6 heteroatoms. The molecule has 0 aromatic heterocycles. The molecule has 4 rings (SSSR count). The molecule has 2 aliphatic rings. The molecule has 0 radical (unpaired) electrons. The van der Waals surface area contributed by atoms with E-state index < -0.39 is 12.2 Å². The molecule has 0 bridgehead atoms. The summed E-state index contributed by atoms with van der Waals surface area (Å²) in [6.07, 6.45) is -0.283. The van der Waals surface area contributed by atoms with Crippen LogP contribution in [0.3, 0.4) is 0 Å². The fraction of sp³-hybridized carbons (Fsp3) is 0.391. The average molecular weight is 395 g/mol. The molecule has 2 aromatic carbocycles. The third-order valence-corrected chi connectivity index (χ3v) is 6.04. The van der Waals surface area contributed by atoms with Crippen LogP contribution >= 0.6 is 0 Å². The van der Waals surface area contributed by atoms with Crippen LogP contribution in [-0.2, 0) is 14.3 Å². The summed E-state index contributed by atoms with van der Waals surface area (Å²) in [6, 6.07) is 16.3. The summed E-state index contributed by atoms with van der Waals surface area (Å²) < 4.78 is 10.3. The van der Waals surface area contributed by atoms with Gasteiger partial charge in [-0.15, -0.1) is 0 Å². The molecule has 0 aliphatic heterocycles. The highest BCUT2D eigenvalue weighted by Gasteiger charge is 2.37. The summed E-state index contributed by atoms with van der Waals surface area (Å²) in [5.41, 5.74) is 4.68. The van der Waals surface area contributed by atoms with Gasteiger partial charge in [0.25, 0.3) is 0 Å². The van der Waals surface area contributed by atoms with E-state index in [0.29, 0.717) is 12.8 Å². The van der Waals surface area contributed by atoms with E-state index in [1.54, 1.807) is 0 Å². The highest BCUT2D eigenvalue weighted by Crippen LogP contribution is 2.44. The van der Waals surface area contributed by atoms with Crippen LogP contribution in [0.5, 0.6) is 0 Å². The Morgan fingerprint density at radius 2 is 1.66 bits per heavy atom. The van der Waals surface area contributed by atoms with E-state index in [4.69, 9.17) is 9.47 Å². The number of ether oxygens (including phenoxy) is 2. The summed E-state index contributed by atoms with van der Waals surface area (Å²) in [5.74, 6) is -0.800. The van der Waals surface area contributed by atoms with Crippen LogP contribution in [0.15, 0.2) is 48.5 Å². The summed E-state index contributed by atoms with van der Waals surface area (Å²) in [5, 5.41) is 12.9. The average Bonchev–Trinajstić information content (AvgIpc) is 3.28. The lowest BCUT2D eigenvalue weighted by atomic mass is 9.98. The number of amides is 1. The molecule has 29 heavy (non-hydrogen) atoms. The standard InChI is InChI=1S/C23H25NO5/c1-28-22(26)14-10-15(21(25)11-14)12-24-23(27)29-13-20-18-8-4-2-6-16(18)17-7-3-5-9-19(17)20/h2-9,14-15,20-21,25H,10-13H2,1H3,(H,24,27)/t14-,15+,21+/m0/s1. The normalized spacial score (nSPS) is 22.6. The summed E-state index contributed by atoms with van der Waals surface area (Å²) in [4.78, 5) is 23.9. The fourth-order valence-electron chi connectivity index (χ4n) is 4.55. The molecule has 2 aliphatic carbocycles. The highest BCUT2D eigenvalue weighted by molar-refractivity contribution is 5.79. The number of aliphatic hydroxyl groups excluding tert-OH is 1. The first-order valence-electron chi connectivity index (χ1n) is 9.93. The number of carbonyl (C=O) groups is 2. The van der Waals surface area contributed by atoms with Gasteiger partial charge in [-0.1, -0.05) is 48.5 Å². The Labute approximate surface area is 169 Å². The Morgan fingerprint density at radius 1 is 1.03 bits per heavy atom. The van der Waals surface area contributed by atoms with Crippen molar-refractivity contribution in [2.24, 2.45) is 11.8 Å². The Hall–Kier alpha value is -2.86. The molecular weight excluding hydrogens is 370 g/mol. The number of fused-ring (bicyclic) bond motifs is 3. The largest absolute Gasteiger partial charge is 0.469 e.